The lowest BCUT2D eigenvalue weighted by atomic mass is 9.94. The second-order valence-corrected chi connectivity index (χ2v) is 8.21. The van der Waals surface area contributed by atoms with Crippen LogP contribution < -0.4 is 5.32 Å². The molecule has 2 rings (SSSR count). The van der Waals surface area contributed by atoms with Crippen LogP contribution >= 0.6 is 23.2 Å². The van der Waals surface area contributed by atoms with Gasteiger partial charge in [-0.1, -0.05) is 68.4 Å². The van der Waals surface area contributed by atoms with Gasteiger partial charge in [-0.2, -0.15) is 0 Å². The average molecular weight is 399 g/mol. The summed E-state index contributed by atoms with van der Waals surface area (Å²) >= 11 is 12.4. The number of benzene rings is 1. The Hall–Kier alpha value is -0.770. The molecule has 1 aromatic rings. The Morgan fingerprint density at radius 2 is 2.00 bits per heavy atom. The summed E-state index contributed by atoms with van der Waals surface area (Å²) in [5.41, 5.74) is 1.06. The number of hydrogen-bond acceptors (Lipinski definition) is 2. The highest BCUT2D eigenvalue weighted by atomic mass is 35.5. The van der Waals surface area contributed by atoms with Gasteiger partial charge in [-0.05, 0) is 49.9 Å². The third-order valence-corrected chi connectivity index (χ3v) is 6.35. The second kappa shape index (κ2) is 11.2. The molecule has 0 aliphatic carbocycles. The number of carbonyl (C=O) groups is 1. The van der Waals surface area contributed by atoms with Crippen LogP contribution in [0.15, 0.2) is 18.2 Å². The fraction of sp³-hybridized carbons (Fsp3) is 0.667. The Labute approximate surface area is 168 Å². The van der Waals surface area contributed by atoms with Gasteiger partial charge < -0.3 is 5.32 Å². The monoisotopic (exact) mass is 398 g/mol. The van der Waals surface area contributed by atoms with Gasteiger partial charge in [0.1, 0.15) is 0 Å². The van der Waals surface area contributed by atoms with Crippen molar-refractivity contribution in [3.05, 3.63) is 33.8 Å². The Morgan fingerprint density at radius 1 is 1.27 bits per heavy atom. The number of likely N-dealkylation sites (tertiary alicyclic amines) is 1. The first kappa shape index (κ1) is 21.5. The summed E-state index contributed by atoms with van der Waals surface area (Å²) in [6, 6.07) is 5.77. The molecule has 0 spiro atoms. The quantitative estimate of drug-likeness (QED) is 0.592. The number of halogens is 2. The summed E-state index contributed by atoms with van der Waals surface area (Å²) < 4.78 is 0. The van der Waals surface area contributed by atoms with Crippen molar-refractivity contribution in [2.45, 2.75) is 58.9 Å². The number of rotatable bonds is 9. The fourth-order valence-electron chi connectivity index (χ4n) is 3.60. The van der Waals surface area contributed by atoms with Gasteiger partial charge in [0.25, 0.3) is 0 Å². The van der Waals surface area contributed by atoms with Crippen molar-refractivity contribution >= 4 is 29.1 Å². The lowest BCUT2D eigenvalue weighted by Gasteiger charge is -2.31. The molecule has 0 radical (unpaired) electrons. The van der Waals surface area contributed by atoms with Crippen molar-refractivity contribution in [2.24, 2.45) is 11.8 Å². The van der Waals surface area contributed by atoms with Gasteiger partial charge in [0.2, 0.25) is 5.91 Å². The lowest BCUT2D eigenvalue weighted by Crippen LogP contribution is -2.41. The maximum Gasteiger partial charge on any atom is 0.223 e. The minimum absolute atomic E-state index is 0.143. The molecule has 0 bridgehead atoms. The van der Waals surface area contributed by atoms with Gasteiger partial charge in [0, 0.05) is 19.0 Å². The Kier molecular flexibility index (Phi) is 9.24. The zero-order chi connectivity index (χ0) is 18.9. The van der Waals surface area contributed by atoms with Crippen LogP contribution in [0, 0.1) is 11.8 Å². The molecule has 5 heteroatoms. The van der Waals surface area contributed by atoms with Gasteiger partial charge in [-0.15, -0.1) is 0 Å². The summed E-state index contributed by atoms with van der Waals surface area (Å²) in [6.45, 7) is 7.90. The average Bonchev–Trinajstić information content (AvgIpc) is 2.66. The van der Waals surface area contributed by atoms with Crippen molar-refractivity contribution in [3.8, 4) is 0 Å². The van der Waals surface area contributed by atoms with E-state index in [9.17, 15) is 4.79 Å². The summed E-state index contributed by atoms with van der Waals surface area (Å²) in [4.78, 5) is 14.8. The molecule has 1 N–H and O–H groups in total. The van der Waals surface area contributed by atoms with E-state index in [0.29, 0.717) is 16.0 Å². The van der Waals surface area contributed by atoms with Crippen LogP contribution in [0.3, 0.4) is 0 Å². The van der Waals surface area contributed by atoms with Crippen LogP contribution in [0.1, 0.15) is 57.9 Å². The first-order valence-electron chi connectivity index (χ1n) is 9.98. The molecule has 26 heavy (non-hydrogen) atoms. The molecule has 1 saturated heterocycles. The molecule has 1 aliphatic rings. The Balaban J connectivity index is 1.75. The van der Waals surface area contributed by atoms with Crippen LogP contribution in [0.4, 0.5) is 0 Å². The highest BCUT2D eigenvalue weighted by molar-refractivity contribution is 6.42. The van der Waals surface area contributed by atoms with Crippen LogP contribution in [-0.4, -0.2) is 30.4 Å². The highest BCUT2D eigenvalue weighted by Crippen LogP contribution is 2.28. The van der Waals surface area contributed by atoms with Crippen molar-refractivity contribution in [2.75, 3.05) is 19.6 Å². The predicted molar refractivity (Wildman–Crippen MR) is 111 cm³/mol. The van der Waals surface area contributed by atoms with Gasteiger partial charge in [-0.3, -0.25) is 9.69 Å². The third-order valence-electron chi connectivity index (χ3n) is 5.49. The summed E-state index contributed by atoms with van der Waals surface area (Å²) in [7, 11) is 0. The lowest BCUT2D eigenvalue weighted by molar-refractivity contribution is -0.126. The minimum Gasteiger partial charge on any atom is -0.356 e. The van der Waals surface area contributed by atoms with Crippen molar-refractivity contribution in [1.82, 2.24) is 10.2 Å². The molecule has 146 valence electrons. The van der Waals surface area contributed by atoms with Crippen LogP contribution in [0.2, 0.25) is 10.0 Å². The number of nitrogens with zero attached hydrogens (tertiary/aromatic N) is 1. The molecule has 1 heterocycles. The van der Waals surface area contributed by atoms with E-state index >= 15 is 0 Å². The number of hydrogen-bond donors (Lipinski definition) is 1. The normalized spacial score (nSPS) is 17.2. The van der Waals surface area contributed by atoms with E-state index in [1.165, 1.54) is 19.3 Å². The predicted octanol–water partition coefficient (Wildman–Crippen LogP) is 5.54. The number of amides is 1. The molecule has 0 aromatic heterocycles. The van der Waals surface area contributed by atoms with Gasteiger partial charge in [0.05, 0.1) is 10.0 Å². The molecule has 1 aromatic carbocycles. The summed E-state index contributed by atoms with van der Waals surface area (Å²) in [6.07, 6.45) is 6.65. The summed E-state index contributed by atoms with van der Waals surface area (Å²) in [5.74, 6) is 0.995. The second-order valence-electron chi connectivity index (χ2n) is 7.43. The molecular formula is C21H32Cl2N2O. The van der Waals surface area contributed by atoms with E-state index in [4.69, 9.17) is 23.2 Å². The largest absolute Gasteiger partial charge is 0.356 e. The van der Waals surface area contributed by atoms with Crippen molar-refractivity contribution in [1.29, 1.82) is 0 Å². The Morgan fingerprint density at radius 3 is 2.65 bits per heavy atom. The zero-order valence-corrected chi connectivity index (χ0v) is 17.6. The first-order chi connectivity index (χ1) is 12.5. The molecule has 1 aliphatic heterocycles. The molecule has 1 unspecified atom stereocenters. The van der Waals surface area contributed by atoms with Crippen molar-refractivity contribution in [3.63, 3.8) is 0 Å². The van der Waals surface area contributed by atoms with E-state index in [0.717, 1.165) is 51.0 Å². The molecular weight excluding hydrogens is 367 g/mol. The number of unbranched alkanes of at least 4 members (excludes halogenated alkanes) is 1. The van der Waals surface area contributed by atoms with Gasteiger partial charge >= 0.3 is 0 Å². The van der Waals surface area contributed by atoms with E-state index in [2.05, 4.69) is 24.1 Å². The SMILES string of the molecule is CCCCC(CC)CNC(=O)C1CCN(Cc2cccc(Cl)c2Cl)CC1. The van der Waals surface area contributed by atoms with Crippen LogP contribution in [0.5, 0.6) is 0 Å². The van der Waals surface area contributed by atoms with E-state index in [1.807, 2.05) is 18.2 Å². The first-order valence-corrected chi connectivity index (χ1v) is 10.7. The zero-order valence-electron chi connectivity index (χ0n) is 16.1. The standard InChI is InChI=1S/C21H32Cl2N2O/c1-3-5-7-16(4-2)14-24-21(26)17-10-12-25(13-11-17)15-18-8-6-9-19(22)20(18)23/h6,8-9,16-17H,3-5,7,10-15H2,1-2H3,(H,24,26). The molecule has 3 nitrogen and oxygen atoms in total. The molecule has 1 fully saturated rings. The molecule has 1 amide bonds. The minimum atomic E-state index is 0.143. The van der Waals surface area contributed by atoms with Crippen LogP contribution in [-0.2, 0) is 11.3 Å². The maximum absolute atomic E-state index is 12.5. The van der Waals surface area contributed by atoms with E-state index in [1.54, 1.807) is 0 Å². The van der Waals surface area contributed by atoms with Crippen molar-refractivity contribution < 1.29 is 4.79 Å². The smallest absolute Gasteiger partial charge is 0.223 e. The topological polar surface area (TPSA) is 32.3 Å². The fourth-order valence-corrected chi connectivity index (χ4v) is 3.98. The highest BCUT2D eigenvalue weighted by Gasteiger charge is 2.25. The van der Waals surface area contributed by atoms with E-state index in [-0.39, 0.29) is 11.8 Å². The van der Waals surface area contributed by atoms with Crippen LogP contribution in [0.25, 0.3) is 0 Å². The third kappa shape index (κ3) is 6.44. The summed E-state index contributed by atoms with van der Waals surface area (Å²) in [5, 5.41) is 4.45. The number of piperidine rings is 1. The molecule has 0 saturated carbocycles. The van der Waals surface area contributed by atoms with E-state index < -0.39 is 0 Å². The van der Waals surface area contributed by atoms with Gasteiger partial charge in [0.15, 0.2) is 0 Å². The maximum atomic E-state index is 12.5. The van der Waals surface area contributed by atoms with Gasteiger partial charge in [-0.25, -0.2) is 0 Å². The number of nitrogens with one attached hydrogen (secondary N) is 1. The molecule has 1 atom stereocenters. The Bertz CT molecular complexity index is 571. The number of carbonyl (C=O) groups excluding carboxylic acids is 1.